The van der Waals surface area contributed by atoms with Crippen LogP contribution in [0.1, 0.15) is 66.0 Å². The number of hydrogen-bond donors (Lipinski definition) is 1. The van der Waals surface area contributed by atoms with Crippen molar-refractivity contribution < 1.29 is 0 Å². The van der Waals surface area contributed by atoms with Gasteiger partial charge in [0.2, 0.25) is 0 Å². The normalized spacial score (nSPS) is 21.4. The summed E-state index contributed by atoms with van der Waals surface area (Å²) < 4.78 is 2.33. The smallest absolute Gasteiger partial charge is 0.170 e. The number of aromatic nitrogens is 2. The van der Waals surface area contributed by atoms with E-state index in [1.807, 2.05) is 18.3 Å². The van der Waals surface area contributed by atoms with Crippen LogP contribution in [0.15, 0.2) is 48.7 Å². The lowest BCUT2D eigenvalue weighted by Crippen LogP contribution is -2.37. The number of nitrogens with one attached hydrogen (secondary N) is 1. The zero-order valence-corrected chi connectivity index (χ0v) is 20.4. The molecule has 1 saturated heterocycles. The summed E-state index contributed by atoms with van der Waals surface area (Å²) in [6.07, 6.45) is 6.80. The van der Waals surface area contributed by atoms with Gasteiger partial charge in [-0.2, -0.15) is 0 Å². The lowest BCUT2D eigenvalue weighted by molar-refractivity contribution is 0.245. The van der Waals surface area contributed by atoms with Crippen molar-refractivity contribution >= 4 is 28.9 Å². The van der Waals surface area contributed by atoms with Gasteiger partial charge in [0, 0.05) is 34.3 Å². The molecule has 0 bridgehead atoms. The highest BCUT2D eigenvalue weighted by Gasteiger charge is 2.44. The SMILES string of the molecule is Cc1ccc(Cl)cc1-n1c(C)cc([C@@H]2[C@@H](c3ccccn3)NC(=S)N2C2CCCC2)c1C. The van der Waals surface area contributed by atoms with Crippen molar-refractivity contribution in [2.75, 3.05) is 0 Å². The fourth-order valence-corrected chi connectivity index (χ4v) is 6.11. The largest absolute Gasteiger partial charge is 0.352 e. The molecule has 3 aromatic rings. The summed E-state index contributed by atoms with van der Waals surface area (Å²) in [4.78, 5) is 7.17. The lowest BCUT2D eigenvalue weighted by atomic mass is 9.95. The van der Waals surface area contributed by atoms with E-state index in [0.717, 1.165) is 21.5 Å². The molecule has 1 N–H and O–H groups in total. The van der Waals surface area contributed by atoms with Crippen LogP contribution in [0.5, 0.6) is 0 Å². The molecule has 166 valence electrons. The van der Waals surface area contributed by atoms with Crippen molar-refractivity contribution in [1.29, 1.82) is 0 Å². The molecule has 4 nitrogen and oxygen atoms in total. The molecule has 2 fully saturated rings. The fourth-order valence-electron chi connectivity index (χ4n) is 5.56. The molecule has 3 heterocycles. The van der Waals surface area contributed by atoms with Crippen molar-refractivity contribution in [2.24, 2.45) is 0 Å². The van der Waals surface area contributed by atoms with Gasteiger partial charge in [0.25, 0.3) is 0 Å². The number of benzene rings is 1. The summed E-state index contributed by atoms with van der Waals surface area (Å²) in [5.74, 6) is 0. The van der Waals surface area contributed by atoms with Gasteiger partial charge in [-0.25, -0.2) is 0 Å². The van der Waals surface area contributed by atoms with Crippen LogP contribution >= 0.6 is 23.8 Å². The first-order chi connectivity index (χ1) is 15.5. The Morgan fingerprint density at radius 1 is 1.06 bits per heavy atom. The predicted octanol–water partition coefficient (Wildman–Crippen LogP) is 6.37. The van der Waals surface area contributed by atoms with Crippen LogP contribution in [0.2, 0.25) is 5.02 Å². The zero-order chi connectivity index (χ0) is 22.4. The fraction of sp³-hybridized carbons (Fsp3) is 0.385. The van der Waals surface area contributed by atoms with Gasteiger partial charge in [-0.15, -0.1) is 0 Å². The molecule has 1 aliphatic carbocycles. The van der Waals surface area contributed by atoms with E-state index in [2.05, 4.69) is 65.9 Å². The van der Waals surface area contributed by atoms with E-state index < -0.39 is 0 Å². The zero-order valence-electron chi connectivity index (χ0n) is 18.8. The minimum Gasteiger partial charge on any atom is -0.352 e. The van der Waals surface area contributed by atoms with Crippen LogP contribution in [-0.4, -0.2) is 25.6 Å². The molecule has 1 saturated carbocycles. The number of rotatable bonds is 4. The summed E-state index contributed by atoms with van der Waals surface area (Å²) in [5, 5.41) is 5.23. The van der Waals surface area contributed by atoms with Crippen LogP contribution in [0.4, 0.5) is 0 Å². The first-order valence-corrected chi connectivity index (χ1v) is 12.2. The number of halogens is 1. The number of aryl methyl sites for hydroxylation is 2. The number of hydrogen-bond acceptors (Lipinski definition) is 2. The van der Waals surface area contributed by atoms with E-state index >= 15 is 0 Å². The lowest BCUT2D eigenvalue weighted by Gasteiger charge is -2.33. The molecule has 2 atom stereocenters. The summed E-state index contributed by atoms with van der Waals surface area (Å²) in [6, 6.07) is 15.2. The van der Waals surface area contributed by atoms with Crippen LogP contribution < -0.4 is 5.32 Å². The maximum atomic E-state index is 6.38. The van der Waals surface area contributed by atoms with E-state index in [0.29, 0.717) is 6.04 Å². The number of pyridine rings is 1. The summed E-state index contributed by atoms with van der Waals surface area (Å²) in [7, 11) is 0. The minimum atomic E-state index is 0.0266. The van der Waals surface area contributed by atoms with E-state index in [9.17, 15) is 0 Å². The molecule has 2 aromatic heterocycles. The van der Waals surface area contributed by atoms with Crippen LogP contribution in [0.25, 0.3) is 5.69 Å². The molecule has 0 spiro atoms. The Kier molecular flexibility index (Phi) is 5.72. The van der Waals surface area contributed by atoms with Gasteiger partial charge in [0.15, 0.2) is 5.11 Å². The maximum absolute atomic E-state index is 6.38. The molecule has 6 heteroatoms. The van der Waals surface area contributed by atoms with Crippen LogP contribution in [0.3, 0.4) is 0 Å². The van der Waals surface area contributed by atoms with Gasteiger partial charge in [-0.1, -0.05) is 36.6 Å². The maximum Gasteiger partial charge on any atom is 0.170 e. The van der Waals surface area contributed by atoms with Gasteiger partial charge >= 0.3 is 0 Å². The Balaban J connectivity index is 1.66. The quantitative estimate of drug-likeness (QED) is 0.455. The topological polar surface area (TPSA) is 33.1 Å². The van der Waals surface area contributed by atoms with Crippen molar-refractivity contribution in [3.05, 3.63) is 81.9 Å². The van der Waals surface area contributed by atoms with Crippen LogP contribution in [-0.2, 0) is 0 Å². The van der Waals surface area contributed by atoms with E-state index in [-0.39, 0.29) is 12.1 Å². The average Bonchev–Trinajstić information content (AvgIpc) is 3.49. The van der Waals surface area contributed by atoms with E-state index in [1.165, 1.54) is 48.2 Å². The van der Waals surface area contributed by atoms with Crippen molar-refractivity contribution in [1.82, 2.24) is 19.8 Å². The minimum absolute atomic E-state index is 0.0266. The first-order valence-electron chi connectivity index (χ1n) is 11.4. The highest BCUT2D eigenvalue weighted by Crippen LogP contribution is 2.45. The standard InChI is InChI=1S/C26H29ClN4S/c1-16-11-12-19(27)15-23(16)30-17(2)14-21(18(30)3)25-24(22-10-6-7-13-28-22)29-26(32)31(25)20-8-4-5-9-20/h6-7,10-15,20,24-25H,4-5,8-9H2,1-3H3,(H,29,32)/t24-,25-/m1/s1. The Bertz CT molecular complexity index is 1150. The Morgan fingerprint density at radius 2 is 1.84 bits per heavy atom. The van der Waals surface area contributed by atoms with E-state index in [1.54, 1.807) is 0 Å². The van der Waals surface area contributed by atoms with Crippen molar-refractivity contribution in [2.45, 2.75) is 64.6 Å². The molecule has 5 rings (SSSR count). The van der Waals surface area contributed by atoms with Gasteiger partial charge in [0.1, 0.15) is 0 Å². The Hall–Kier alpha value is -2.37. The number of nitrogens with zero attached hydrogens (tertiary/aromatic N) is 3. The third-order valence-corrected chi connectivity index (χ3v) is 7.62. The third-order valence-electron chi connectivity index (χ3n) is 7.05. The third kappa shape index (κ3) is 3.61. The highest BCUT2D eigenvalue weighted by atomic mass is 35.5. The molecule has 0 unspecified atom stereocenters. The van der Waals surface area contributed by atoms with Gasteiger partial charge < -0.3 is 14.8 Å². The molecule has 1 aliphatic heterocycles. The number of thiocarbonyl (C=S) groups is 1. The molecule has 32 heavy (non-hydrogen) atoms. The second kappa shape index (κ2) is 8.53. The van der Waals surface area contributed by atoms with Crippen molar-refractivity contribution in [3.63, 3.8) is 0 Å². The second-order valence-electron chi connectivity index (χ2n) is 9.06. The molecule has 2 aliphatic rings. The van der Waals surface area contributed by atoms with Gasteiger partial charge in [0.05, 0.1) is 17.8 Å². The molecule has 0 radical (unpaired) electrons. The summed E-state index contributed by atoms with van der Waals surface area (Å²) in [6.45, 7) is 6.53. The first kappa shape index (κ1) is 21.5. The average molecular weight is 465 g/mol. The van der Waals surface area contributed by atoms with Gasteiger partial charge in [-0.05, 0) is 87.3 Å². The molecular formula is C26H29ClN4S. The molecule has 1 aromatic carbocycles. The van der Waals surface area contributed by atoms with E-state index in [4.69, 9.17) is 28.8 Å². The summed E-state index contributed by atoms with van der Waals surface area (Å²) in [5.41, 5.74) is 7.10. The van der Waals surface area contributed by atoms with Gasteiger partial charge in [-0.3, -0.25) is 4.98 Å². The Labute approximate surface area is 200 Å². The predicted molar refractivity (Wildman–Crippen MR) is 135 cm³/mol. The summed E-state index contributed by atoms with van der Waals surface area (Å²) >= 11 is 12.3. The van der Waals surface area contributed by atoms with Crippen molar-refractivity contribution in [3.8, 4) is 5.69 Å². The second-order valence-corrected chi connectivity index (χ2v) is 9.89. The highest BCUT2D eigenvalue weighted by molar-refractivity contribution is 7.80. The molecule has 0 amide bonds. The molecular weight excluding hydrogens is 436 g/mol. The van der Waals surface area contributed by atoms with Crippen LogP contribution in [0, 0.1) is 20.8 Å². The Morgan fingerprint density at radius 3 is 2.56 bits per heavy atom. The monoisotopic (exact) mass is 464 g/mol.